The van der Waals surface area contributed by atoms with Gasteiger partial charge in [-0.3, -0.25) is 9.59 Å². The Kier molecular flexibility index (Phi) is 8.21. The number of hydrogen-bond acceptors (Lipinski definition) is 6. The van der Waals surface area contributed by atoms with Gasteiger partial charge in [-0.15, -0.1) is 0 Å². The summed E-state index contributed by atoms with van der Waals surface area (Å²) in [5, 5.41) is 9.96. The van der Waals surface area contributed by atoms with Crippen LogP contribution in [0.2, 0.25) is 5.02 Å². The van der Waals surface area contributed by atoms with Crippen molar-refractivity contribution in [3.8, 4) is 0 Å². The predicted molar refractivity (Wildman–Crippen MR) is 131 cm³/mol. The van der Waals surface area contributed by atoms with Gasteiger partial charge in [-0.05, 0) is 63.8 Å². The minimum atomic E-state index is -0.280. The van der Waals surface area contributed by atoms with Gasteiger partial charge < -0.3 is 20.9 Å². The van der Waals surface area contributed by atoms with Crippen molar-refractivity contribution >= 4 is 51.3 Å². The number of thiazole rings is 1. The molecule has 3 rings (SSSR count). The van der Waals surface area contributed by atoms with E-state index in [1.54, 1.807) is 24.3 Å². The molecule has 3 aromatic rings. The number of rotatable bonds is 9. The number of amides is 2. The van der Waals surface area contributed by atoms with Crippen molar-refractivity contribution in [1.29, 1.82) is 0 Å². The third-order valence-corrected chi connectivity index (χ3v) is 5.86. The van der Waals surface area contributed by atoms with Crippen molar-refractivity contribution in [1.82, 2.24) is 15.2 Å². The Hall–Kier alpha value is -2.94. The largest absolute Gasteiger partial charge is 0.352 e. The fourth-order valence-electron chi connectivity index (χ4n) is 2.96. The van der Waals surface area contributed by atoms with Gasteiger partial charge in [0.15, 0.2) is 5.13 Å². The molecule has 0 aliphatic rings. The summed E-state index contributed by atoms with van der Waals surface area (Å²) in [6, 6.07) is 12.6. The maximum Gasteiger partial charge on any atom is 0.267 e. The number of carbonyl (C=O) groups is 2. The number of nitrogens with zero attached hydrogens (tertiary/aromatic N) is 2. The summed E-state index contributed by atoms with van der Waals surface area (Å²) in [6.45, 7) is 3.41. The lowest BCUT2D eigenvalue weighted by molar-refractivity contribution is 0.0951. The average Bonchev–Trinajstić information content (AvgIpc) is 3.22. The van der Waals surface area contributed by atoms with Gasteiger partial charge in [0.25, 0.3) is 11.8 Å². The molecule has 0 saturated carbocycles. The molecule has 7 nitrogen and oxygen atoms in total. The third-order valence-electron chi connectivity index (χ3n) is 4.63. The van der Waals surface area contributed by atoms with Crippen LogP contribution in [0, 0.1) is 6.92 Å². The highest BCUT2D eigenvalue weighted by molar-refractivity contribution is 7.17. The molecule has 0 aliphatic heterocycles. The van der Waals surface area contributed by atoms with Crippen LogP contribution in [0.4, 0.5) is 16.5 Å². The lowest BCUT2D eigenvalue weighted by Crippen LogP contribution is -2.27. The first kappa shape index (κ1) is 23.7. The topological polar surface area (TPSA) is 86.4 Å². The molecule has 2 amide bonds. The number of hydrogen-bond donors (Lipinski definition) is 3. The number of aromatic nitrogens is 1. The fraction of sp³-hybridized carbons (Fsp3) is 0.261. The minimum absolute atomic E-state index is 0.123. The van der Waals surface area contributed by atoms with Crippen LogP contribution in [0.1, 0.15) is 32.0 Å². The lowest BCUT2D eigenvalue weighted by atomic mass is 10.2. The van der Waals surface area contributed by atoms with Crippen molar-refractivity contribution in [3.63, 3.8) is 0 Å². The molecule has 0 radical (unpaired) electrons. The Bertz CT molecular complexity index is 1080. The molecule has 9 heteroatoms. The van der Waals surface area contributed by atoms with Crippen LogP contribution >= 0.6 is 22.9 Å². The van der Waals surface area contributed by atoms with Crippen LogP contribution in [0.25, 0.3) is 0 Å². The maximum absolute atomic E-state index is 12.6. The number of aryl methyl sites for hydroxylation is 1. The van der Waals surface area contributed by atoms with Crippen molar-refractivity contribution in [2.45, 2.75) is 13.3 Å². The van der Waals surface area contributed by atoms with Crippen LogP contribution in [0.5, 0.6) is 0 Å². The van der Waals surface area contributed by atoms with E-state index in [0.29, 0.717) is 38.5 Å². The number of nitrogens with one attached hydrogen (secondary N) is 3. The van der Waals surface area contributed by atoms with Crippen molar-refractivity contribution in [3.05, 3.63) is 69.7 Å². The van der Waals surface area contributed by atoms with Gasteiger partial charge in [-0.25, -0.2) is 4.98 Å². The molecule has 2 aromatic carbocycles. The van der Waals surface area contributed by atoms with Crippen LogP contribution in [0.3, 0.4) is 0 Å². The molecule has 1 heterocycles. The van der Waals surface area contributed by atoms with E-state index in [1.807, 2.05) is 39.2 Å². The predicted octanol–water partition coefficient (Wildman–Crippen LogP) is 4.78. The van der Waals surface area contributed by atoms with E-state index in [2.05, 4.69) is 25.8 Å². The Morgan fingerprint density at radius 2 is 1.91 bits per heavy atom. The van der Waals surface area contributed by atoms with Gasteiger partial charge >= 0.3 is 0 Å². The summed E-state index contributed by atoms with van der Waals surface area (Å²) in [7, 11) is 4.00. The second-order valence-electron chi connectivity index (χ2n) is 7.53. The van der Waals surface area contributed by atoms with E-state index >= 15 is 0 Å². The zero-order valence-electron chi connectivity index (χ0n) is 18.2. The minimum Gasteiger partial charge on any atom is -0.352 e. The molecule has 0 fully saturated rings. The highest BCUT2D eigenvalue weighted by atomic mass is 35.5. The highest BCUT2D eigenvalue weighted by Gasteiger charge is 2.14. The molecule has 0 spiro atoms. The molecular formula is C23H26ClN5O2S. The fourth-order valence-corrected chi connectivity index (χ4v) is 3.96. The zero-order chi connectivity index (χ0) is 23.1. The number of carbonyl (C=O) groups excluding carboxylic acids is 2. The van der Waals surface area contributed by atoms with E-state index in [9.17, 15) is 9.59 Å². The molecule has 168 valence electrons. The molecule has 3 N–H and O–H groups in total. The molecule has 0 unspecified atom stereocenters. The summed E-state index contributed by atoms with van der Waals surface area (Å²) < 4.78 is 0. The first-order valence-corrected chi connectivity index (χ1v) is 11.4. The number of halogens is 1. The van der Waals surface area contributed by atoms with Gasteiger partial charge in [-0.1, -0.05) is 41.1 Å². The van der Waals surface area contributed by atoms with Crippen molar-refractivity contribution in [2.75, 3.05) is 37.8 Å². The highest BCUT2D eigenvalue weighted by Crippen LogP contribution is 2.28. The van der Waals surface area contributed by atoms with E-state index in [-0.39, 0.29) is 11.8 Å². The van der Waals surface area contributed by atoms with Gasteiger partial charge in [-0.2, -0.15) is 0 Å². The second kappa shape index (κ2) is 11.1. The molecule has 0 saturated heterocycles. The van der Waals surface area contributed by atoms with Crippen LogP contribution in [-0.4, -0.2) is 48.9 Å². The molecule has 0 bridgehead atoms. The van der Waals surface area contributed by atoms with E-state index < -0.39 is 0 Å². The molecular weight excluding hydrogens is 446 g/mol. The average molecular weight is 472 g/mol. The monoisotopic (exact) mass is 471 g/mol. The standard InChI is InChI=1S/C23H26ClN5O2S/c1-15-7-4-10-18(24)20(15)28-22(31)19-14-26-23(32-19)27-17-9-5-8-16(13-17)21(30)25-11-6-12-29(2)3/h4-5,7-10,13-14H,6,11-12H2,1-3H3,(H,25,30)(H,26,27)(H,28,31). The Morgan fingerprint density at radius 3 is 2.66 bits per heavy atom. The second-order valence-corrected chi connectivity index (χ2v) is 8.97. The van der Waals surface area contributed by atoms with Crippen LogP contribution in [0.15, 0.2) is 48.7 Å². The number of para-hydroxylation sites is 1. The maximum atomic E-state index is 12.6. The van der Waals surface area contributed by atoms with Crippen molar-refractivity contribution in [2.24, 2.45) is 0 Å². The first-order valence-electron chi connectivity index (χ1n) is 10.2. The summed E-state index contributed by atoms with van der Waals surface area (Å²) in [4.78, 5) is 31.8. The lowest BCUT2D eigenvalue weighted by Gasteiger charge is -2.10. The summed E-state index contributed by atoms with van der Waals surface area (Å²) >= 11 is 7.41. The zero-order valence-corrected chi connectivity index (χ0v) is 19.8. The Balaban J connectivity index is 1.61. The van der Waals surface area contributed by atoms with Crippen LogP contribution in [-0.2, 0) is 0 Å². The normalized spacial score (nSPS) is 10.8. The van der Waals surface area contributed by atoms with Gasteiger partial charge in [0.2, 0.25) is 0 Å². The molecule has 32 heavy (non-hydrogen) atoms. The van der Waals surface area contributed by atoms with Gasteiger partial charge in [0.1, 0.15) is 4.88 Å². The summed E-state index contributed by atoms with van der Waals surface area (Å²) in [6.07, 6.45) is 2.39. The number of benzene rings is 2. The molecule has 1 aromatic heterocycles. The summed E-state index contributed by atoms with van der Waals surface area (Å²) in [5.74, 6) is -0.403. The first-order chi connectivity index (χ1) is 15.3. The van der Waals surface area contributed by atoms with E-state index in [4.69, 9.17) is 11.6 Å². The molecule has 0 aliphatic carbocycles. The van der Waals surface area contributed by atoms with Gasteiger partial charge in [0, 0.05) is 17.8 Å². The quantitative estimate of drug-likeness (QED) is 0.391. The van der Waals surface area contributed by atoms with E-state index in [1.165, 1.54) is 17.5 Å². The van der Waals surface area contributed by atoms with Gasteiger partial charge in [0.05, 0.1) is 16.9 Å². The smallest absolute Gasteiger partial charge is 0.267 e. The Labute approximate surface area is 196 Å². The molecule has 0 atom stereocenters. The van der Waals surface area contributed by atoms with E-state index in [0.717, 1.165) is 18.5 Å². The summed E-state index contributed by atoms with van der Waals surface area (Å²) in [5.41, 5.74) is 2.75. The SMILES string of the molecule is Cc1cccc(Cl)c1NC(=O)c1cnc(Nc2cccc(C(=O)NCCCN(C)C)c2)s1. The van der Waals surface area contributed by atoms with Crippen molar-refractivity contribution < 1.29 is 9.59 Å². The van der Waals surface area contributed by atoms with Crippen LogP contribution < -0.4 is 16.0 Å². The Morgan fingerprint density at radius 1 is 1.12 bits per heavy atom. The third kappa shape index (κ3) is 6.53. The number of anilines is 3.